The van der Waals surface area contributed by atoms with E-state index < -0.39 is 17.9 Å². The molecule has 1 unspecified atom stereocenters. The standard InChI is InChI=1S/C25H45N3O4/c1-2-3-4-5-6-7-8-9-10-11-12-13-14-15-22(30)25(26)18-19-28(24(31)27-25)23-17-16-21(20-29)32-23/h18-19,21,23,29H,2-17,20,26H2,1H3,(H,27,31)/t21-,23+,25?/m0/s1. The van der Waals surface area contributed by atoms with E-state index in [0.29, 0.717) is 19.3 Å². The highest BCUT2D eigenvalue weighted by molar-refractivity contribution is 5.95. The monoisotopic (exact) mass is 451 g/mol. The first-order chi connectivity index (χ1) is 15.5. The van der Waals surface area contributed by atoms with Crippen molar-refractivity contribution in [1.82, 2.24) is 10.2 Å². The van der Waals surface area contributed by atoms with Crippen molar-refractivity contribution in [2.75, 3.05) is 6.61 Å². The third-order valence-electron chi connectivity index (χ3n) is 6.61. The Morgan fingerprint density at radius 3 is 2.12 bits per heavy atom. The average molecular weight is 452 g/mol. The van der Waals surface area contributed by atoms with Gasteiger partial charge in [-0.15, -0.1) is 0 Å². The summed E-state index contributed by atoms with van der Waals surface area (Å²) in [6.45, 7) is 2.19. The van der Waals surface area contributed by atoms with Gasteiger partial charge >= 0.3 is 6.03 Å². The molecule has 184 valence electrons. The zero-order chi connectivity index (χ0) is 23.2. The number of urea groups is 1. The fraction of sp³-hybridized carbons (Fsp3) is 0.840. The molecule has 32 heavy (non-hydrogen) atoms. The molecule has 2 rings (SSSR count). The van der Waals surface area contributed by atoms with Gasteiger partial charge in [-0.05, 0) is 25.3 Å². The summed E-state index contributed by atoms with van der Waals surface area (Å²) in [4.78, 5) is 26.5. The summed E-state index contributed by atoms with van der Waals surface area (Å²) in [6.07, 6.45) is 20.4. The molecule has 0 radical (unpaired) electrons. The number of carbonyl (C=O) groups excluding carboxylic acids is 2. The van der Waals surface area contributed by atoms with Crippen molar-refractivity contribution in [1.29, 1.82) is 0 Å². The number of rotatable bonds is 17. The van der Waals surface area contributed by atoms with Gasteiger partial charge in [-0.2, -0.15) is 0 Å². The Labute approximate surface area is 194 Å². The predicted octanol–water partition coefficient (Wildman–Crippen LogP) is 4.73. The summed E-state index contributed by atoms with van der Waals surface area (Å²) in [6, 6.07) is -0.433. The lowest BCUT2D eigenvalue weighted by Gasteiger charge is -2.36. The van der Waals surface area contributed by atoms with Crippen LogP contribution in [-0.4, -0.2) is 46.4 Å². The minimum absolute atomic E-state index is 0.0614. The van der Waals surface area contributed by atoms with Crippen LogP contribution in [0.15, 0.2) is 12.3 Å². The van der Waals surface area contributed by atoms with Gasteiger partial charge in [0.05, 0.1) is 12.7 Å². The van der Waals surface area contributed by atoms with Crippen LogP contribution in [0.5, 0.6) is 0 Å². The van der Waals surface area contributed by atoms with E-state index in [1.54, 1.807) is 12.3 Å². The highest BCUT2D eigenvalue weighted by Gasteiger charge is 2.40. The van der Waals surface area contributed by atoms with Gasteiger partial charge < -0.3 is 15.2 Å². The average Bonchev–Trinajstić information content (AvgIpc) is 3.25. The lowest BCUT2D eigenvalue weighted by atomic mass is 9.98. The highest BCUT2D eigenvalue weighted by atomic mass is 16.5. The molecule has 0 aromatic carbocycles. The molecule has 1 saturated heterocycles. The minimum atomic E-state index is -1.44. The summed E-state index contributed by atoms with van der Waals surface area (Å²) < 4.78 is 5.64. The molecule has 2 aliphatic heterocycles. The van der Waals surface area contributed by atoms with Crippen LogP contribution in [0, 0.1) is 0 Å². The van der Waals surface area contributed by atoms with Crippen molar-refractivity contribution in [3.05, 3.63) is 12.3 Å². The normalized spacial score (nSPS) is 25.3. The number of ether oxygens (including phenoxy) is 1. The zero-order valence-corrected chi connectivity index (χ0v) is 20.0. The van der Waals surface area contributed by atoms with Crippen LogP contribution in [0.25, 0.3) is 0 Å². The number of nitrogens with zero attached hydrogens (tertiary/aromatic N) is 1. The van der Waals surface area contributed by atoms with Gasteiger partial charge in [0.1, 0.15) is 6.23 Å². The minimum Gasteiger partial charge on any atom is -0.394 e. The van der Waals surface area contributed by atoms with Crippen LogP contribution < -0.4 is 11.1 Å². The van der Waals surface area contributed by atoms with Crippen LogP contribution in [0.4, 0.5) is 4.79 Å². The Morgan fingerprint density at radius 2 is 1.62 bits per heavy atom. The number of aliphatic hydroxyl groups is 1. The molecule has 0 bridgehead atoms. The van der Waals surface area contributed by atoms with E-state index in [0.717, 1.165) is 19.3 Å². The number of unbranched alkanes of at least 4 members (excludes halogenated alkanes) is 12. The van der Waals surface area contributed by atoms with Crippen molar-refractivity contribution in [2.45, 2.75) is 128 Å². The van der Waals surface area contributed by atoms with Crippen LogP contribution in [0.2, 0.25) is 0 Å². The van der Waals surface area contributed by atoms with Gasteiger partial charge in [-0.3, -0.25) is 15.4 Å². The van der Waals surface area contributed by atoms with E-state index in [1.165, 1.54) is 69.1 Å². The second kappa shape index (κ2) is 14.7. The topological polar surface area (TPSA) is 105 Å². The van der Waals surface area contributed by atoms with Crippen molar-refractivity contribution in [3.8, 4) is 0 Å². The van der Waals surface area contributed by atoms with Gasteiger partial charge in [-0.25, -0.2) is 4.79 Å². The number of carbonyl (C=O) groups is 2. The third kappa shape index (κ3) is 8.83. The first-order valence-corrected chi connectivity index (χ1v) is 12.9. The number of hydrogen-bond donors (Lipinski definition) is 3. The molecule has 0 saturated carbocycles. The third-order valence-corrected chi connectivity index (χ3v) is 6.61. The molecular weight excluding hydrogens is 406 g/mol. The molecule has 3 atom stereocenters. The number of amides is 2. The second-order valence-electron chi connectivity index (χ2n) is 9.41. The molecule has 0 aromatic rings. The van der Waals surface area contributed by atoms with Crippen LogP contribution >= 0.6 is 0 Å². The first kappa shape index (κ1) is 26.8. The molecule has 7 heteroatoms. The lowest BCUT2D eigenvalue weighted by Crippen LogP contribution is -2.65. The van der Waals surface area contributed by atoms with Gasteiger partial charge in [0.15, 0.2) is 11.4 Å². The maximum atomic E-state index is 12.6. The van der Waals surface area contributed by atoms with Crippen molar-refractivity contribution >= 4 is 11.8 Å². The van der Waals surface area contributed by atoms with Crippen molar-refractivity contribution in [3.63, 3.8) is 0 Å². The quantitative estimate of drug-likeness (QED) is 0.277. The Morgan fingerprint density at radius 1 is 1.06 bits per heavy atom. The highest BCUT2D eigenvalue weighted by Crippen LogP contribution is 2.25. The van der Waals surface area contributed by atoms with E-state index in [9.17, 15) is 14.7 Å². The maximum Gasteiger partial charge on any atom is 0.325 e. The molecule has 7 nitrogen and oxygen atoms in total. The summed E-state index contributed by atoms with van der Waals surface area (Å²) in [5.41, 5.74) is 4.73. The molecule has 0 aliphatic carbocycles. The summed E-state index contributed by atoms with van der Waals surface area (Å²) in [5.74, 6) is -0.162. The smallest absolute Gasteiger partial charge is 0.325 e. The molecule has 2 aliphatic rings. The van der Waals surface area contributed by atoms with Crippen LogP contribution in [0.3, 0.4) is 0 Å². The number of nitrogens with one attached hydrogen (secondary N) is 1. The molecule has 1 fully saturated rings. The number of aliphatic hydroxyl groups excluding tert-OH is 1. The lowest BCUT2D eigenvalue weighted by molar-refractivity contribution is -0.123. The number of nitrogens with two attached hydrogens (primary N) is 1. The number of ketones is 1. The van der Waals surface area contributed by atoms with E-state index in [2.05, 4.69) is 12.2 Å². The van der Waals surface area contributed by atoms with Crippen molar-refractivity contribution in [2.24, 2.45) is 5.73 Å². The van der Waals surface area contributed by atoms with Gasteiger partial charge in [0.2, 0.25) is 0 Å². The van der Waals surface area contributed by atoms with E-state index in [1.807, 2.05) is 0 Å². The fourth-order valence-corrected chi connectivity index (χ4v) is 4.47. The summed E-state index contributed by atoms with van der Waals surface area (Å²) >= 11 is 0. The Kier molecular flexibility index (Phi) is 12.3. The van der Waals surface area contributed by atoms with Crippen molar-refractivity contribution < 1.29 is 19.4 Å². The Bertz CT molecular complexity index is 598. The van der Waals surface area contributed by atoms with E-state index >= 15 is 0 Å². The van der Waals surface area contributed by atoms with E-state index in [-0.39, 0.29) is 18.5 Å². The largest absolute Gasteiger partial charge is 0.394 e. The number of Topliss-reactive ketones (excluding diaryl/α,β-unsaturated/α-hetero) is 1. The zero-order valence-electron chi connectivity index (χ0n) is 20.0. The molecule has 0 spiro atoms. The Hall–Kier alpha value is -1.44. The second-order valence-corrected chi connectivity index (χ2v) is 9.41. The number of hydrogen-bond acceptors (Lipinski definition) is 5. The first-order valence-electron chi connectivity index (χ1n) is 12.9. The van der Waals surface area contributed by atoms with Gasteiger partial charge in [0, 0.05) is 12.6 Å². The summed E-state index contributed by atoms with van der Waals surface area (Å²) in [7, 11) is 0. The van der Waals surface area contributed by atoms with Crippen LogP contribution in [0.1, 0.15) is 110 Å². The van der Waals surface area contributed by atoms with Gasteiger partial charge in [-0.1, -0.05) is 84.0 Å². The van der Waals surface area contributed by atoms with E-state index in [4.69, 9.17) is 10.5 Å². The molecule has 0 aromatic heterocycles. The van der Waals surface area contributed by atoms with Gasteiger partial charge in [0.25, 0.3) is 0 Å². The predicted molar refractivity (Wildman–Crippen MR) is 127 cm³/mol. The molecular formula is C25H45N3O4. The Balaban J connectivity index is 1.54. The summed E-state index contributed by atoms with van der Waals surface area (Å²) in [5, 5.41) is 11.8. The fourth-order valence-electron chi connectivity index (χ4n) is 4.47. The molecule has 4 N–H and O–H groups in total. The maximum absolute atomic E-state index is 12.6. The molecule has 2 heterocycles. The van der Waals surface area contributed by atoms with Crippen LogP contribution in [-0.2, 0) is 9.53 Å². The SMILES string of the molecule is CCCCCCCCCCCCCCCC(=O)C1(N)C=CN([C@H]2CC[C@@H](CO)O2)C(=O)N1. The molecule has 2 amide bonds.